The van der Waals surface area contributed by atoms with Crippen molar-refractivity contribution in [1.29, 1.82) is 0 Å². The minimum Gasteiger partial charge on any atom is -0.446 e. The molecule has 90 valence electrons. The van der Waals surface area contributed by atoms with Gasteiger partial charge >= 0.3 is 0 Å². The van der Waals surface area contributed by atoms with Gasteiger partial charge in [-0.05, 0) is 26.1 Å². The molecule has 0 bridgehead atoms. The first-order valence-electron chi connectivity index (χ1n) is 5.58. The van der Waals surface area contributed by atoms with E-state index in [0.717, 1.165) is 30.4 Å². The van der Waals surface area contributed by atoms with E-state index in [4.69, 9.17) is 4.42 Å². The predicted octanol–water partition coefficient (Wildman–Crippen LogP) is 1.88. The van der Waals surface area contributed by atoms with Crippen LogP contribution in [0.25, 0.3) is 0 Å². The Morgan fingerprint density at radius 3 is 2.88 bits per heavy atom. The SMILES string of the molecule is CNCCc1nccc(Nc2ccc(C)o2)n1. The average Bonchev–Trinajstić information content (AvgIpc) is 2.73. The summed E-state index contributed by atoms with van der Waals surface area (Å²) in [6, 6.07) is 5.61. The maximum absolute atomic E-state index is 5.42. The van der Waals surface area contributed by atoms with E-state index in [2.05, 4.69) is 20.6 Å². The molecule has 0 aliphatic heterocycles. The van der Waals surface area contributed by atoms with Crippen molar-refractivity contribution in [2.24, 2.45) is 0 Å². The van der Waals surface area contributed by atoms with E-state index in [-0.39, 0.29) is 0 Å². The third-order valence-corrected chi connectivity index (χ3v) is 2.30. The minimum atomic E-state index is 0.695. The second kappa shape index (κ2) is 5.45. The molecule has 2 aromatic heterocycles. The van der Waals surface area contributed by atoms with Crippen LogP contribution in [0.4, 0.5) is 11.7 Å². The number of hydrogen-bond donors (Lipinski definition) is 2. The summed E-state index contributed by atoms with van der Waals surface area (Å²) in [5, 5.41) is 6.17. The minimum absolute atomic E-state index is 0.695. The number of furan rings is 1. The number of aromatic nitrogens is 2. The monoisotopic (exact) mass is 232 g/mol. The van der Waals surface area contributed by atoms with E-state index >= 15 is 0 Å². The number of likely N-dealkylation sites (N-methyl/N-ethyl adjacent to an activating group) is 1. The average molecular weight is 232 g/mol. The molecule has 17 heavy (non-hydrogen) atoms. The Bertz CT molecular complexity index is 481. The molecule has 0 aliphatic carbocycles. The zero-order chi connectivity index (χ0) is 12.1. The van der Waals surface area contributed by atoms with Crippen LogP contribution in [0, 0.1) is 6.92 Å². The first-order chi connectivity index (χ1) is 8.28. The standard InChI is InChI=1S/C12H16N4O/c1-9-3-4-12(17-9)16-11-6-8-14-10(15-11)5-7-13-2/h3-4,6,8,13H,5,7H2,1-2H3,(H,14,15,16). The van der Waals surface area contributed by atoms with Crippen LogP contribution in [-0.4, -0.2) is 23.6 Å². The third-order valence-electron chi connectivity index (χ3n) is 2.30. The molecule has 0 unspecified atom stereocenters. The summed E-state index contributed by atoms with van der Waals surface area (Å²) in [4.78, 5) is 8.59. The van der Waals surface area contributed by atoms with Crippen LogP contribution in [0.5, 0.6) is 0 Å². The summed E-state index contributed by atoms with van der Waals surface area (Å²) < 4.78 is 5.42. The lowest BCUT2D eigenvalue weighted by molar-refractivity contribution is 0.551. The summed E-state index contributed by atoms with van der Waals surface area (Å²) in [7, 11) is 1.91. The van der Waals surface area contributed by atoms with Gasteiger partial charge in [-0.3, -0.25) is 0 Å². The van der Waals surface area contributed by atoms with E-state index in [1.54, 1.807) is 6.20 Å². The molecule has 0 aliphatic rings. The van der Waals surface area contributed by atoms with Gasteiger partial charge in [0.15, 0.2) is 5.88 Å². The molecule has 0 aromatic carbocycles. The van der Waals surface area contributed by atoms with Gasteiger partial charge in [-0.15, -0.1) is 0 Å². The zero-order valence-electron chi connectivity index (χ0n) is 10.0. The molecular weight excluding hydrogens is 216 g/mol. The van der Waals surface area contributed by atoms with Gasteiger partial charge in [-0.25, -0.2) is 9.97 Å². The Balaban J connectivity index is 2.05. The number of nitrogens with zero attached hydrogens (tertiary/aromatic N) is 2. The molecule has 0 amide bonds. The quantitative estimate of drug-likeness (QED) is 0.824. The Labute approximate surface area is 100 Å². The van der Waals surface area contributed by atoms with E-state index in [0.29, 0.717) is 5.88 Å². The zero-order valence-corrected chi connectivity index (χ0v) is 10.0. The van der Waals surface area contributed by atoms with Crippen molar-refractivity contribution in [3.8, 4) is 0 Å². The Hall–Kier alpha value is -1.88. The van der Waals surface area contributed by atoms with Gasteiger partial charge in [0, 0.05) is 25.2 Å². The van der Waals surface area contributed by atoms with Crippen LogP contribution in [-0.2, 0) is 6.42 Å². The topological polar surface area (TPSA) is 63.0 Å². The van der Waals surface area contributed by atoms with Gasteiger partial charge in [0.2, 0.25) is 0 Å². The number of hydrogen-bond acceptors (Lipinski definition) is 5. The van der Waals surface area contributed by atoms with Crippen molar-refractivity contribution >= 4 is 11.7 Å². The van der Waals surface area contributed by atoms with E-state index < -0.39 is 0 Å². The van der Waals surface area contributed by atoms with Crippen LogP contribution in [0.1, 0.15) is 11.6 Å². The fraction of sp³-hybridized carbons (Fsp3) is 0.333. The highest BCUT2D eigenvalue weighted by atomic mass is 16.4. The van der Waals surface area contributed by atoms with Crippen molar-refractivity contribution in [3.05, 3.63) is 36.0 Å². The largest absolute Gasteiger partial charge is 0.446 e. The van der Waals surface area contributed by atoms with Gasteiger partial charge in [-0.1, -0.05) is 0 Å². The number of anilines is 2. The lowest BCUT2D eigenvalue weighted by atomic mass is 10.4. The van der Waals surface area contributed by atoms with E-state index in [1.165, 1.54) is 0 Å². The first kappa shape index (κ1) is 11.6. The molecular formula is C12H16N4O. The van der Waals surface area contributed by atoms with Crippen LogP contribution < -0.4 is 10.6 Å². The molecule has 2 heterocycles. The van der Waals surface area contributed by atoms with Crippen LogP contribution in [0.3, 0.4) is 0 Å². The van der Waals surface area contributed by atoms with Crippen molar-refractivity contribution in [2.75, 3.05) is 18.9 Å². The van der Waals surface area contributed by atoms with Crippen molar-refractivity contribution in [1.82, 2.24) is 15.3 Å². The molecule has 2 aromatic rings. The van der Waals surface area contributed by atoms with Gasteiger partial charge in [0.1, 0.15) is 17.4 Å². The number of rotatable bonds is 5. The fourth-order valence-corrected chi connectivity index (χ4v) is 1.45. The molecule has 5 nitrogen and oxygen atoms in total. The molecule has 0 saturated heterocycles. The second-order valence-corrected chi connectivity index (χ2v) is 3.75. The number of aryl methyl sites for hydroxylation is 1. The third kappa shape index (κ3) is 3.29. The molecule has 0 saturated carbocycles. The molecule has 2 rings (SSSR count). The van der Waals surface area contributed by atoms with Crippen LogP contribution >= 0.6 is 0 Å². The summed E-state index contributed by atoms with van der Waals surface area (Å²) >= 11 is 0. The first-order valence-corrected chi connectivity index (χ1v) is 5.58. The smallest absolute Gasteiger partial charge is 0.198 e. The van der Waals surface area contributed by atoms with Crippen LogP contribution in [0.2, 0.25) is 0 Å². The molecule has 0 fully saturated rings. The highest BCUT2D eigenvalue weighted by Crippen LogP contribution is 2.16. The van der Waals surface area contributed by atoms with Crippen LogP contribution in [0.15, 0.2) is 28.8 Å². The van der Waals surface area contributed by atoms with Crippen molar-refractivity contribution < 1.29 is 4.42 Å². The van der Waals surface area contributed by atoms with E-state index in [1.807, 2.05) is 32.2 Å². The highest BCUT2D eigenvalue weighted by Gasteiger charge is 2.02. The summed E-state index contributed by atoms with van der Waals surface area (Å²) in [5.41, 5.74) is 0. The van der Waals surface area contributed by atoms with Crippen molar-refractivity contribution in [2.45, 2.75) is 13.3 Å². The predicted molar refractivity (Wildman–Crippen MR) is 66.4 cm³/mol. The fourth-order valence-electron chi connectivity index (χ4n) is 1.45. The highest BCUT2D eigenvalue weighted by molar-refractivity contribution is 5.49. The van der Waals surface area contributed by atoms with Gasteiger partial charge < -0.3 is 15.1 Å². The Morgan fingerprint density at radius 1 is 1.29 bits per heavy atom. The van der Waals surface area contributed by atoms with Gasteiger partial charge in [-0.2, -0.15) is 0 Å². The molecule has 0 atom stereocenters. The van der Waals surface area contributed by atoms with Crippen molar-refractivity contribution in [3.63, 3.8) is 0 Å². The molecule has 2 N–H and O–H groups in total. The summed E-state index contributed by atoms with van der Waals surface area (Å²) in [5.74, 6) is 3.13. The summed E-state index contributed by atoms with van der Waals surface area (Å²) in [6.45, 7) is 2.77. The maximum Gasteiger partial charge on any atom is 0.198 e. The second-order valence-electron chi connectivity index (χ2n) is 3.75. The molecule has 0 radical (unpaired) electrons. The molecule has 5 heteroatoms. The normalized spacial score (nSPS) is 10.5. The Morgan fingerprint density at radius 2 is 2.18 bits per heavy atom. The lowest BCUT2D eigenvalue weighted by Crippen LogP contribution is -2.12. The van der Waals surface area contributed by atoms with Gasteiger partial charge in [0.25, 0.3) is 0 Å². The van der Waals surface area contributed by atoms with Gasteiger partial charge in [0.05, 0.1) is 0 Å². The Kier molecular flexibility index (Phi) is 3.72. The van der Waals surface area contributed by atoms with E-state index in [9.17, 15) is 0 Å². The number of nitrogens with one attached hydrogen (secondary N) is 2. The summed E-state index contributed by atoms with van der Waals surface area (Å²) in [6.07, 6.45) is 2.55. The lowest BCUT2D eigenvalue weighted by Gasteiger charge is -2.04. The maximum atomic E-state index is 5.42. The molecule has 0 spiro atoms.